The van der Waals surface area contributed by atoms with E-state index < -0.39 is 5.60 Å². The number of piperazine rings is 1. The first-order valence-corrected chi connectivity index (χ1v) is 7.30. The highest BCUT2D eigenvalue weighted by molar-refractivity contribution is 5.96. The first kappa shape index (κ1) is 15.8. The van der Waals surface area contributed by atoms with Crippen molar-refractivity contribution in [1.82, 2.24) is 9.80 Å². The second kappa shape index (κ2) is 6.03. The predicted molar refractivity (Wildman–Crippen MR) is 81.5 cm³/mol. The van der Waals surface area contributed by atoms with Gasteiger partial charge in [-0.05, 0) is 32.9 Å². The molecule has 0 aliphatic carbocycles. The lowest BCUT2D eigenvalue weighted by molar-refractivity contribution is 0.0178. The molecule has 1 aromatic rings. The number of nitrogens with zero attached hydrogens (tertiary/aromatic N) is 2. The summed E-state index contributed by atoms with van der Waals surface area (Å²) in [7, 11) is 0. The molecule has 5 heteroatoms. The predicted octanol–water partition coefficient (Wildman–Crippen LogP) is 1.23. The van der Waals surface area contributed by atoms with E-state index in [1.807, 2.05) is 4.90 Å². The number of aliphatic hydroxyl groups is 1. The van der Waals surface area contributed by atoms with Crippen LogP contribution in [0.15, 0.2) is 18.2 Å². The molecule has 0 atom stereocenters. The fraction of sp³-hybridized carbons (Fsp3) is 0.562. The summed E-state index contributed by atoms with van der Waals surface area (Å²) in [6, 6.07) is 5.04. The summed E-state index contributed by atoms with van der Waals surface area (Å²) in [5.41, 5.74) is 0.473. The summed E-state index contributed by atoms with van der Waals surface area (Å²) in [6.07, 6.45) is 0. The van der Waals surface area contributed by atoms with Gasteiger partial charge >= 0.3 is 0 Å². The third kappa shape index (κ3) is 3.95. The number of amides is 1. The number of rotatable bonds is 3. The number of carbonyl (C=O) groups is 1. The van der Waals surface area contributed by atoms with Crippen LogP contribution in [-0.2, 0) is 0 Å². The minimum atomic E-state index is -0.714. The first-order valence-electron chi connectivity index (χ1n) is 7.30. The van der Waals surface area contributed by atoms with Crippen molar-refractivity contribution in [1.29, 1.82) is 0 Å². The maximum Gasteiger partial charge on any atom is 0.254 e. The fourth-order valence-electron chi connectivity index (χ4n) is 2.68. The van der Waals surface area contributed by atoms with Gasteiger partial charge in [-0.3, -0.25) is 9.69 Å². The summed E-state index contributed by atoms with van der Waals surface area (Å²) in [5.74, 6) is 0.118. The van der Waals surface area contributed by atoms with E-state index in [1.165, 1.54) is 0 Å². The van der Waals surface area contributed by atoms with E-state index in [4.69, 9.17) is 0 Å². The molecule has 0 bridgehead atoms. The highest BCUT2D eigenvalue weighted by atomic mass is 16.3. The van der Waals surface area contributed by atoms with E-state index >= 15 is 0 Å². The second-order valence-corrected chi connectivity index (χ2v) is 6.33. The van der Waals surface area contributed by atoms with Gasteiger partial charge in [-0.25, -0.2) is 0 Å². The first-order chi connectivity index (χ1) is 9.78. The van der Waals surface area contributed by atoms with Crippen LogP contribution in [-0.4, -0.2) is 64.2 Å². The Hall–Kier alpha value is -1.59. The standard InChI is InChI=1S/C16H24N2O3/c1-12-13(5-4-6-14(12)19)15(20)18-9-7-17(8-10-18)11-16(2,3)21/h4-6,19,21H,7-11H2,1-3H3. The zero-order valence-electron chi connectivity index (χ0n) is 13.0. The monoisotopic (exact) mass is 292 g/mol. The van der Waals surface area contributed by atoms with E-state index in [2.05, 4.69) is 4.90 Å². The molecule has 21 heavy (non-hydrogen) atoms. The molecular formula is C16H24N2O3. The SMILES string of the molecule is Cc1c(O)cccc1C(=O)N1CCN(CC(C)(C)O)CC1. The van der Waals surface area contributed by atoms with Crippen LogP contribution in [0.5, 0.6) is 5.75 Å². The third-order valence-corrected chi connectivity index (χ3v) is 3.81. The highest BCUT2D eigenvalue weighted by Gasteiger charge is 2.26. The maximum atomic E-state index is 12.5. The van der Waals surface area contributed by atoms with Crippen LogP contribution >= 0.6 is 0 Å². The molecular weight excluding hydrogens is 268 g/mol. The fourth-order valence-corrected chi connectivity index (χ4v) is 2.68. The number of benzene rings is 1. The lowest BCUT2D eigenvalue weighted by Gasteiger charge is -2.37. The van der Waals surface area contributed by atoms with Crippen LogP contribution in [0.3, 0.4) is 0 Å². The Bertz CT molecular complexity index is 515. The molecule has 1 aliphatic rings. The van der Waals surface area contributed by atoms with Crippen LogP contribution in [0.2, 0.25) is 0 Å². The average molecular weight is 292 g/mol. The van der Waals surface area contributed by atoms with Crippen LogP contribution in [0.25, 0.3) is 0 Å². The molecule has 0 saturated carbocycles. The minimum Gasteiger partial charge on any atom is -0.508 e. The molecule has 2 N–H and O–H groups in total. The van der Waals surface area contributed by atoms with Gasteiger partial charge in [0.15, 0.2) is 0 Å². The normalized spacial score (nSPS) is 17.0. The van der Waals surface area contributed by atoms with Gasteiger partial charge < -0.3 is 15.1 Å². The van der Waals surface area contributed by atoms with Crippen molar-refractivity contribution in [2.24, 2.45) is 0 Å². The van der Waals surface area contributed by atoms with E-state index in [1.54, 1.807) is 39.0 Å². The van der Waals surface area contributed by atoms with Gasteiger partial charge in [0.2, 0.25) is 0 Å². The minimum absolute atomic E-state index is 0.0358. The summed E-state index contributed by atoms with van der Waals surface area (Å²) < 4.78 is 0. The van der Waals surface area contributed by atoms with Gasteiger partial charge in [-0.1, -0.05) is 6.07 Å². The largest absolute Gasteiger partial charge is 0.508 e. The molecule has 1 heterocycles. The molecule has 1 amide bonds. The molecule has 116 valence electrons. The lowest BCUT2D eigenvalue weighted by Crippen LogP contribution is -2.52. The van der Waals surface area contributed by atoms with Gasteiger partial charge in [-0.15, -0.1) is 0 Å². The number of hydrogen-bond acceptors (Lipinski definition) is 4. The zero-order chi connectivity index (χ0) is 15.6. The van der Waals surface area contributed by atoms with Crippen molar-refractivity contribution in [3.05, 3.63) is 29.3 Å². The van der Waals surface area contributed by atoms with E-state index in [9.17, 15) is 15.0 Å². The Morgan fingerprint density at radius 1 is 1.24 bits per heavy atom. The van der Waals surface area contributed by atoms with E-state index in [-0.39, 0.29) is 11.7 Å². The summed E-state index contributed by atoms with van der Waals surface area (Å²) in [4.78, 5) is 16.5. The van der Waals surface area contributed by atoms with Gasteiger partial charge in [-0.2, -0.15) is 0 Å². The zero-order valence-corrected chi connectivity index (χ0v) is 13.0. The number of hydrogen-bond donors (Lipinski definition) is 2. The van der Waals surface area contributed by atoms with Crippen molar-refractivity contribution in [3.63, 3.8) is 0 Å². The Morgan fingerprint density at radius 2 is 1.86 bits per heavy atom. The van der Waals surface area contributed by atoms with Crippen LogP contribution in [0.1, 0.15) is 29.8 Å². The van der Waals surface area contributed by atoms with Gasteiger partial charge in [0.05, 0.1) is 5.60 Å². The molecule has 2 rings (SSSR count). The Balaban J connectivity index is 1.99. The Kier molecular flexibility index (Phi) is 4.54. The maximum absolute atomic E-state index is 12.5. The number of phenolic OH excluding ortho intramolecular Hbond substituents is 1. The van der Waals surface area contributed by atoms with E-state index in [0.717, 1.165) is 13.1 Å². The van der Waals surface area contributed by atoms with Gasteiger partial charge in [0.25, 0.3) is 5.91 Å². The molecule has 0 spiro atoms. The second-order valence-electron chi connectivity index (χ2n) is 6.33. The number of β-amino-alcohol motifs (C(OH)–C–C–N with tert-alkyl or cyclic N) is 1. The number of aromatic hydroxyl groups is 1. The van der Waals surface area contributed by atoms with Crippen molar-refractivity contribution in [2.45, 2.75) is 26.4 Å². The summed E-state index contributed by atoms with van der Waals surface area (Å²) >= 11 is 0. The smallest absolute Gasteiger partial charge is 0.254 e. The van der Waals surface area contributed by atoms with Gasteiger partial charge in [0.1, 0.15) is 5.75 Å². The molecule has 0 radical (unpaired) electrons. The van der Waals surface area contributed by atoms with E-state index in [0.29, 0.717) is 30.8 Å². The van der Waals surface area contributed by atoms with Crippen molar-refractivity contribution in [2.75, 3.05) is 32.7 Å². The van der Waals surface area contributed by atoms with Crippen LogP contribution < -0.4 is 0 Å². The topological polar surface area (TPSA) is 64.0 Å². The average Bonchev–Trinajstić information content (AvgIpc) is 2.40. The highest BCUT2D eigenvalue weighted by Crippen LogP contribution is 2.21. The Labute approximate surface area is 125 Å². The molecule has 0 unspecified atom stereocenters. The summed E-state index contributed by atoms with van der Waals surface area (Å²) in [5, 5.41) is 19.6. The molecule has 1 fully saturated rings. The lowest BCUT2D eigenvalue weighted by atomic mass is 10.1. The molecule has 5 nitrogen and oxygen atoms in total. The quantitative estimate of drug-likeness (QED) is 0.879. The Morgan fingerprint density at radius 3 is 2.43 bits per heavy atom. The third-order valence-electron chi connectivity index (χ3n) is 3.81. The van der Waals surface area contributed by atoms with Crippen molar-refractivity contribution >= 4 is 5.91 Å². The molecule has 1 aliphatic heterocycles. The molecule has 1 saturated heterocycles. The summed E-state index contributed by atoms with van der Waals surface area (Å²) in [6.45, 7) is 8.75. The number of phenols is 1. The molecule has 1 aromatic carbocycles. The van der Waals surface area contributed by atoms with Crippen LogP contribution in [0, 0.1) is 6.92 Å². The van der Waals surface area contributed by atoms with Crippen molar-refractivity contribution in [3.8, 4) is 5.75 Å². The van der Waals surface area contributed by atoms with Crippen LogP contribution in [0.4, 0.5) is 0 Å². The molecule has 0 aromatic heterocycles. The number of carbonyl (C=O) groups excluding carboxylic acids is 1. The van der Waals surface area contributed by atoms with Crippen molar-refractivity contribution < 1.29 is 15.0 Å². The van der Waals surface area contributed by atoms with Gasteiger partial charge in [0, 0.05) is 43.9 Å².